The Hall–Kier alpha value is -1.10. The molecule has 0 aromatic heterocycles. The first-order valence-corrected chi connectivity index (χ1v) is 7.91. The van der Waals surface area contributed by atoms with E-state index in [1.54, 1.807) is 0 Å². The normalized spacial score (nSPS) is 27.6. The van der Waals surface area contributed by atoms with Crippen LogP contribution in [0.4, 0.5) is 0 Å². The zero-order valence-electron chi connectivity index (χ0n) is 12.7. The molecular formula is C15H27N3O2. The van der Waals surface area contributed by atoms with E-state index in [0.29, 0.717) is 12.3 Å². The Morgan fingerprint density at radius 2 is 2.00 bits per heavy atom. The van der Waals surface area contributed by atoms with Gasteiger partial charge in [-0.05, 0) is 32.2 Å². The molecule has 0 aliphatic carbocycles. The lowest BCUT2D eigenvalue weighted by Crippen LogP contribution is -2.51. The molecule has 114 valence electrons. The number of hydrogen-bond donors (Lipinski definition) is 2. The summed E-state index contributed by atoms with van der Waals surface area (Å²) in [5.41, 5.74) is -0.181. The van der Waals surface area contributed by atoms with Crippen LogP contribution in [0, 0.1) is 5.41 Å². The molecular weight excluding hydrogens is 254 g/mol. The Labute approximate surface area is 121 Å². The highest BCUT2D eigenvalue weighted by Crippen LogP contribution is 2.32. The zero-order chi connectivity index (χ0) is 14.6. The standard InChI is InChI=1S/C15H27N3O2/c1-3-13(19)17-12-5-9-18(10-6-12)14(20)15(4-2)7-8-16-11-15/h12,16H,3-11H2,1-2H3,(H,17,19). The molecule has 2 saturated heterocycles. The van der Waals surface area contributed by atoms with Gasteiger partial charge in [0.05, 0.1) is 5.41 Å². The van der Waals surface area contributed by atoms with Crippen LogP contribution in [0.25, 0.3) is 0 Å². The molecule has 1 unspecified atom stereocenters. The van der Waals surface area contributed by atoms with Crippen molar-refractivity contribution in [1.29, 1.82) is 0 Å². The van der Waals surface area contributed by atoms with Crippen molar-refractivity contribution in [3.8, 4) is 0 Å². The molecule has 0 radical (unpaired) electrons. The summed E-state index contributed by atoms with van der Waals surface area (Å²) in [6.45, 7) is 7.28. The summed E-state index contributed by atoms with van der Waals surface area (Å²) in [5.74, 6) is 0.421. The van der Waals surface area contributed by atoms with Crippen molar-refractivity contribution in [2.24, 2.45) is 5.41 Å². The second kappa shape index (κ2) is 6.57. The van der Waals surface area contributed by atoms with Crippen molar-refractivity contribution in [2.45, 2.75) is 52.0 Å². The van der Waals surface area contributed by atoms with Gasteiger partial charge in [0.2, 0.25) is 11.8 Å². The van der Waals surface area contributed by atoms with Gasteiger partial charge in [0.25, 0.3) is 0 Å². The van der Waals surface area contributed by atoms with E-state index in [1.165, 1.54) is 0 Å². The van der Waals surface area contributed by atoms with E-state index in [1.807, 2.05) is 11.8 Å². The van der Waals surface area contributed by atoms with E-state index in [9.17, 15) is 9.59 Å². The summed E-state index contributed by atoms with van der Waals surface area (Å²) in [6, 6.07) is 0.241. The Balaban J connectivity index is 1.87. The minimum atomic E-state index is -0.181. The molecule has 2 N–H and O–H groups in total. The quantitative estimate of drug-likeness (QED) is 0.804. The van der Waals surface area contributed by atoms with E-state index in [0.717, 1.165) is 51.9 Å². The summed E-state index contributed by atoms with van der Waals surface area (Å²) < 4.78 is 0. The molecule has 2 heterocycles. The largest absolute Gasteiger partial charge is 0.353 e. The summed E-state index contributed by atoms with van der Waals surface area (Å²) in [6.07, 6.45) is 4.15. The number of carbonyl (C=O) groups is 2. The lowest BCUT2D eigenvalue weighted by Gasteiger charge is -2.38. The van der Waals surface area contributed by atoms with Crippen molar-refractivity contribution in [2.75, 3.05) is 26.2 Å². The van der Waals surface area contributed by atoms with E-state index in [4.69, 9.17) is 0 Å². The molecule has 20 heavy (non-hydrogen) atoms. The summed E-state index contributed by atoms with van der Waals surface area (Å²) in [7, 11) is 0. The fraction of sp³-hybridized carbons (Fsp3) is 0.867. The molecule has 0 aromatic carbocycles. The number of hydrogen-bond acceptors (Lipinski definition) is 3. The van der Waals surface area contributed by atoms with Crippen molar-refractivity contribution in [1.82, 2.24) is 15.5 Å². The third-order valence-electron chi connectivity index (χ3n) is 4.84. The van der Waals surface area contributed by atoms with Gasteiger partial charge in [0, 0.05) is 32.1 Å². The second-order valence-corrected chi connectivity index (χ2v) is 6.05. The fourth-order valence-corrected chi connectivity index (χ4v) is 3.27. The number of carbonyl (C=O) groups excluding carboxylic acids is 2. The van der Waals surface area contributed by atoms with Crippen molar-refractivity contribution in [3.63, 3.8) is 0 Å². The average molecular weight is 281 g/mol. The highest BCUT2D eigenvalue weighted by Gasteiger charge is 2.42. The minimum Gasteiger partial charge on any atom is -0.353 e. The zero-order valence-corrected chi connectivity index (χ0v) is 12.7. The first-order valence-electron chi connectivity index (χ1n) is 7.91. The van der Waals surface area contributed by atoms with Gasteiger partial charge in [0.15, 0.2) is 0 Å². The first kappa shape index (κ1) is 15.3. The molecule has 5 heteroatoms. The molecule has 2 rings (SSSR count). The van der Waals surface area contributed by atoms with Gasteiger partial charge in [-0.25, -0.2) is 0 Å². The number of rotatable bonds is 4. The first-order chi connectivity index (χ1) is 9.61. The minimum absolute atomic E-state index is 0.111. The van der Waals surface area contributed by atoms with Crippen LogP contribution in [0.15, 0.2) is 0 Å². The predicted octanol–water partition coefficient (Wildman–Crippen LogP) is 0.893. The van der Waals surface area contributed by atoms with Crippen LogP contribution < -0.4 is 10.6 Å². The molecule has 0 bridgehead atoms. The van der Waals surface area contributed by atoms with Crippen LogP contribution in [0.2, 0.25) is 0 Å². The smallest absolute Gasteiger partial charge is 0.230 e. The van der Waals surface area contributed by atoms with Gasteiger partial charge in [-0.2, -0.15) is 0 Å². The van der Waals surface area contributed by atoms with Crippen LogP contribution in [-0.2, 0) is 9.59 Å². The average Bonchev–Trinajstić information content (AvgIpc) is 2.97. The topological polar surface area (TPSA) is 61.4 Å². The predicted molar refractivity (Wildman–Crippen MR) is 78.2 cm³/mol. The van der Waals surface area contributed by atoms with Crippen molar-refractivity contribution >= 4 is 11.8 Å². The van der Waals surface area contributed by atoms with Gasteiger partial charge in [-0.3, -0.25) is 9.59 Å². The Morgan fingerprint density at radius 1 is 1.30 bits per heavy atom. The second-order valence-electron chi connectivity index (χ2n) is 6.05. The van der Waals surface area contributed by atoms with Gasteiger partial charge in [-0.1, -0.05) is 13.8 Å². The third kappa shape index (κ3) is 3.14. The van der Waals surface area contributed by atoms with E-state index >= 15 is 0 Å². The highest BCUT2D eigenvalue weighted by atomic mass is 16.2. The molecule has 0 aromatic rings. The lowest BCUT2D eigenvalue weighted by atomic mass is 9.82. The van der Waals surface area contributed by atoms with Crippen molar-refractivity contribution in [3.05, 3.63) is 0 Å². The monoisotopic (exact) mass is 281 g/mol. The highest BCUT2D eigenvalue weighted by molar-refractivity contribution is 5.83. The Kier molecular flexibility index (Phi) is 5.02. The van der Waals surface area contributed by atoms with Gasteiger partial charge < -0.3 is 15.5 Å². The molecule has 0 saturated carbocycles. The number of piperidine rings is 1. The van der Waals surface area contributed by atoms with Gasteiger partial charge >= 0.3 is 0 Å². The lowest BCUT2D eigenvalue weighted by molar-refractivity contribution is -0.142. The number of likely N-dealkylation sites (tertiary alicyclic amines) is 1. The van der Waals surface area contributed by atoms with Gasteiger partial charge in [-0.15, -0.1) is 0 Å². The number of nitrogens with one attached hydrogen (secondary N) is 2. The summed E-state index contributed by atoms with van der Waals surface area (Å²) in [5, 5.41) is 6.35. The van der Waals surface area contributed by atoms with Crippen molar-refractivity contribution < 1.29 is 9.59 Å². The van der Waals surface area contributed by atoms with Crippen LogP contribution in [0.1, 0.15) is 46.0 Å². The Morgan fingerprint density at radius 3 is 2.50 bits per heavy atom. The fourth-order valence-electron chi connectivity index (χ4n) is 3.27. The SMILES string of the molecule is CCC(=O)NC1CCN(C(=O)C2(CC)CCNC2)CC1. The van der Waals surface area contributed by atoms with E-state index < -0.39 is 0 Å². The maximum absolute atomic E-state index is 12.7. The van der Waals surface area contributed by atoms with E-state index in [2.05, 4.69) is 17.6 Å². The number of amides is 2. The molecule has 5 nitrogen and oxygen atoms in total. The maximum Gasteiger partial charge on any atom is 0.230 e. The molecule has 2 aliphatic rings. The molecule has 1 atom stereocenters. The molecule has 2 fully saturated rings. The third-order valence-corrected chi connectivity index (χ3v) is 4.84. The Bertz CT molecular complexity index is 356. The molecule has 2 amide bonds. The van der Waals surface area contributed by atoms with Crippen LogP contribution >= 0.6 is 0 Å². The van der Waals surface area contributed by atoms with Crippen LogP contribution in [0.5, 0.6) is 0 Å². The van der Waals surface area contributed by atoms with E-state index in [-0.39, 0.29) is 17.4 Å². The van der Waals surface area contributed by atoms with Crippen LogP contribution in [0.3, 0.4) is 0 Å². The van der Waals surface area contributed by atoms with Gasteiger partial charge in [0.1, 0.15) is 0 Å². The maximum atomic E-state index is 12.7. The summed E-state index contributed by atoms with van der Waals surface area (Å²) >= 11 is 0. The van der Waals surface area contributed by atoms with Crippen LogP contribution in [-0.4, -0.2) is 48.9 Å². The summed E-state index contributed by atoms with van der Waals surface area (Å²) in [4.78, 5) is 26.1. The number of nitrogens with zero attached hydrogens (tertiary/aromatic N) is 1. The molecule has 2 aliphatic heterocycles. The molecule has 0 spiro atoms.